The van der Waals surface area contributed by atoms with Crippen LogP contribution in [-0.2, 0) is 0 Å². The molecular formula is C18H17ClN4O2. The first-order valence-electron chi connectivity index (χ1n) is 7.81. The monoisotopic (exact) mass is 356 g/mol. The van der Waals surface area contributed by atoms with Crippen LogP contribution in [0.4, 0.5) is 5.69 Å². The summed E-state index contributed by atoms with van der Waals surface area (Å²) in [4.78, 5) is 29.3. The van der Waals surface area contributed by atoms with Gasteiger partial charge in [0, 0.05) is 12.2 Å². The lowest BCUT2D eigenvalue weighted by Crippen LogP contribution is -2.31. The van der Waals surface area contributed by atoms with E-state index in [2.05, 4.69) is 15.6 Å². The molecular weight excluding hydrogens is 340 g/mol. The van der Waals surface area contributed by atoms with Crippen LogP contribution in [0, 0.1) is 0 Å². The van der Waals surface area contributed by atoms with Gasteiger partial charge in [-0.1, -0.05) is 29.8 Å². The third kappa shape index (κ3) is 3.49. The number of nitrogens with one attached hydrogen (secondary N) is 2. The topological polar surface area (TPSA) is 75.5 Å². The van der Waals surface area contributed by atoms with Crippen LogP contribution in [0.3, 0.4) is 0 Å². The highest BCUT2D eigenvalue weighted by molar-refractivity contribution is 6.34. The first kappa shape index (κ1) is 17.0. The molecule has 0 aliphatic carbocycles. The zero-order chi connectivity index (χ0) is 18.0. The number of rotatable bonds is 4. The Kier molecular flexibility index (Phi) is 4.72. The number of fused-ring (bicyclic) bond motifs is 1. The van der Waals surface area contributed by atoms with Crippen LogP contribution in [0.15, 0.2) is 48.7 Å². The highest BCUT2D eigenvalue weighted by Gasteiger charge is 2.22. The van der Waals surface area contributed by atoms with Crippen molar-refractivity contribution in [2.45, 2.75) is 19.9 Å². The fourth-order valence-corrected chi connectivity index (χ4v) is 2.62. The van der Waals surface area contributed by atoms with Gasteiger partial charge in [0.25, 0.3) is 11.8 Å². The highest BCUT2D eigenvalue weighted by atomic mass is 35.5. The summed E-state index contributed by atoms with van der Waals surface area (Å²) in [5.74, 6) is -0.609. The average molecular weight is 357 g/mol. The van der Waals surface area contributed by atoms with E-state index in [9.17, 15) is 9.59 Å². The van der Waals surface area contributed by atoms with E-state index in [-0.39, 0.29) is 23.5 Å². The molecule has 0 bridgehead atoms. The van der Waals surface area contributed by atoms with Gasteiger partial charge in [0.05, 0.1) is 16.2 Å². The number of aromatic nitrogens is 2. The van der Waals surface area contributed by atoms with Gasteiger partial charge in [0.2, 0.25) is 5.82 Å². The molecule has 0 spiro atoms. The van der Waals surface area contributed by atoms with Crippen molar-refractivity contribution in [1.82, 2.24) is 14.7 Å². The van der Waals surface area contributed by atoms with Gasteiger partial charge >= 0.3 is 0 Å². The second kappa shape index (κ2) is 6.94. The van der Waals surface area contributed by atoms with E-state index < -0.39 is 5.91 Å². The Labute approximate surface area is 149 Å². The van der Waals surface area contributed by atoms with Crippen molar-refractivity contribution in [2.75, 3.05) is 5.32 Å². The lowest BCUT2D eigenvalue weighted by Gasteiger charge is -2.06. The largest absolute Gasteiger partial charge is 0.347 e. The van der Waals surface area contributed by atoms with Crippen LogP contribution in [0.2, 0.25) is 5.02 Å². The van der Waals surface area contributed by atoms with Crippen LogP contribution >= 0.6 is 11.6 Å². The van der Waals surface area contributed by atoms with E-state index >= 15 is 0 Å². The quantitative estimate of drug-likeness (QED) is 0.752. The van der Waals surface area contributed by atoms with Crippen molar-refractivity contribution in [3.63, 3.8) is 0 Å². The molecule has 128 valence electrons. The maximum atomic E-state index is 12.7. The van der Waals surface area contributed by atoms with Crippen molar-refractivity contribution in [3.05, 3.63) is 65.2 Å². The summed E-state index contributed by atoms with van der Waals surface area (Å²) < 4.78 is 1.60. The smallest absolute Gasteiger partial charge is 0.287 e. The van der Waals surface area contributed by atoms with E-state index in [0.717, 1.165) is 0 Å². The van der Waals surface area contributed by atoms with Gasteiger partial charge < -0.3 is 10.6 Å². The summed E-state index contributed by atoms with van der Waals surface area (Å²) in [5.41, 5.74) is 1.19. The van der Waals surface area contributed by atoms with Crippen LogP contribution in [0.1, 0.15) is 35.0 Å². The summed E-state index contributed by atoms with van der Waals surface area (Å²) in [7, 11) is 0. The number of benzene rings is 1. The van der Waals surface area contributed by atoms with Crippen LogP contribution in [0.5, 0.6) is 0 Å². The Bertz CT molecular complexity index is 949. The van der Waals surface area contributed by atoms with Crippen molar-refractivity contribution >= 4 is 34.6 Å². The second-order valence-electron chi connectivity index (χ2n) is 5.80. The Morgan fingerprint density at radius 1 is 1.08 bits per heavy atom. The molecule has 2 amide bonds. The molecule has 0 unspecified atom stereocenters. The second-order valence-corrected chi connectivity index (χ2v) is 6.21. The first-order chi connectivity index (χ1) is 12.0. The van der Waals surface area contributed by atoms with Crippen molar-refractivity contribution < 1.29 is 9.59 Å². The molecule has 0 aliphatic rings. The summed E-state index contributed by atoms with van der Waals surface area (Å²) >= 11 is 6.08. The Balaban J connectivity index is 2.00. The van der Waals surface area contributed by atoms with Crippen molar-refractivity contribution in [2.24, 2.45) is 0 Å². The molecule has 2 N–H and O–H groups in total. The summed E-state index contributed by atoms with van der Waals surface area (Å²) in [5, 5.41) is 5.95. The SMILES string of the molecule is CC(C)NC(=O)c1nc(C(=O)Nc2ccccc2Cl)c2ccccn12. The lowest BCUT2D eigenvalue weighted by atomic mass is 10.3. The third-order valence-corrected chi connectivity index (χ3v) is 3.84. The zero-order valence-electron chi connectivity index (χ0n) is 13.8. The minimum absolute atomic E-state index is 0.0380. The zero-order valence-corrected chi connectivity index (χ0v) is 14.5. The minimum Gasteiger partial charge on any atom is -0.347 e. The molecule has 2 aromatic heterocycles. The van der Waals surface area contributed by atoms with Gasteiger partial charge in [0.15, 0.2) is 5.69 Å². The normalized spacial score (nSPS) is 10.9. The molecule has 0 radical (unpaired) electrons. The van der Waals surface area contributed by atoms with Crippen molar-refractivity contribution in [1.29, 1.82) is 0 Å². The number of hydrogen-bond acceptors (Lipinski definition) is 3. The lowest BCUT2D eigenvalue weighted by molar-refractivity contribution is 0.0932. The number of carbonyl (C=O) groups excluding carboxylic acids is 2. The number of carbonyl (C=O) groups is 2. The number of imidazole rings is 1. The summed E-state index contributed by atoms with van der Waals surface area (Å²) in [6.45, 7) is 3.72. The number of para-hydroxylation sites is 1. The fraction of sp³-hybridized carbons (Fsp3) is 0.167. The van der Waals surface area contributed by atoms with Gasteiger partial charge in [-0.2, -0.15) is 0 Å². The number of nitrogens with zero attached hydrogens (tertiary/aromatic N) is 2. The van der Waals surface area contributed by atoms with E-state index in [0.29, 0.717) is 16.2 Å². The van der Waals surface area contributed by atoms with Crippen molar-refractivity contribution in [3.8, 4) is 0 Å². The molecule has 6 nitrogen and oxygen atoms in total. The number of amides is 2. The Morgan fingerprint density at radius 3 is 2.52 bits per heavy atom. The molecule has 2 heterocycles. The van der Waals surface area contributed by atoms with Gasteiger partial charge in [-0.3, -0.25) is 14.0 Å². The van der Waals surface area contributed by atoms with Crippen LogP contribution in [-0.4, -0.2) is 27.2 Å². The molecule has 3 rings (SSSR count). The number of hydrogen-bond donors (Lipinski definition) is 2. The predicted octanol–water partition coefficient (Wildman–Crippen LogP) is 3.38. The van der Waals surface area contributed by atoms with Crippen LogP contribution < -0.4 is 10.6 Å². The molecule has 0 saturated heterocycles. The van der Waals surface area contributed by atoms with Gasteiger partial charge in [-0.25, -0.2) is 4.98 Å². The number of anilines is 1. The molecule has 0 fully saturated rings. The fourth-order valence-electron chi connectivity index (χ4n) is 2.44. The van der Waals surface area contributed by atoms with Gasteiger partial charge in [-0.15, -0.1) is 0 Å². The summed E-state index contributed by atoms with van der Waals surface area (Å²) in [6.07, 6.45) is 1.70. The maximum Gasteiger partial charge on any atom is 0.287 e. The van der Waals surface area contributed by atoms with Gasteiger partial charge in [-0.05, 0) is 38.1 Å². The van der Waals surface area contributed by atoms with E-state index in [1.54, 1.807) is 53.1 Å². The molecule has 0 saturated carbocycles. The molecule has 7 heteroatoms. The standard InChI is InChI=1S/C18H17ClN4O2/c1-11(2)20-18(25)16-22-15(14-9-5-6-10-23(14)16)17(24)21-13-8-4-3-7-12(13)19/h3-11H,1-2H3,(H,20,25)(H,21,24). The highest BCUT2D eigenvalue weighted by Crippen LogP contribution is 2.22. The predicted molar refractivity (Wildman–Crippen MR) is 97.2 cm³/mol. The number of halogens is 1. The molecule has 0 aliphatic heterocycles. The maximum absolute atomic E-state index is 12.7. The third-order valence-electron chi connectivity index (χ3n) is 3.51. The Morgan fingerprint density at radius 2 is 1.80 bits per heavy atom. The van der Waals surface area contributed by atoms with Crippen LogP contribution in [0.25, 0.3) is 5.52 Å². The van der Waals surface area contributed by atoms with E-state index in [1.807, 2.05) is 13.8 Å². The van der Waals surface area contributed by atoms with E-state index in [4.69, 9.17) is 11.6 Å². The van der Waals surface area contributed by atoms with Gasteiger partial charge in [0.1, 0.15) is 0 Å². The Hall–Kier alpha value is -2.86. The minimum atomic E-state index is -0.430. The van der Waals surface area contributed by atoms with E-state index in [1.165, 1.54) is 0 Å². The molecule has 25 heavy (non-hydrogen) atoms. The molecule has 3 aromatic rings. The summed E-state index contributed by atoms with van der Waals surface area (Å²) in [6, 6.07) is 12.2. The number of pyridine rings is 1. The first-order valence-corrected chi connectivity index (χ1v) is 8.19. The average Bonchev–Trinajstić information content (AvgIpc) is 2.96. The molecule has 1 aromatic carbocycles. The molecule has 0 atom stereocenters.